The number of benzene rings is 2. The van der Waals surface area contributed by atoms with Crippen molar-refractivity contribution in [1.29, 1.82) is 0 Å². The maximum Gasteiger partial charge on any atom is 0.227 e. The summed E-state index contributed by atoms with van der Waals surface area (Å²) in [5.74, 6) is 1.02. The van der Waals surface area contributed by atoms with Gasteiger partial charge in [-0.1, -0.05) is 24.3 Å². The Bertz CT molecular complexity index is 1080. The van der Waals surface area contributed by atoms with Crippen LogP contribution in [0.2, 0.25) is 0 Å². The lowest BCUT2D eigenvalue weighted by Gasteiger charge is -2.31. The van der Waals surface area contributed by atoms with E-state index in [1.54, 1.807) is 7.11 Å². The molecule has 0 aliphatic carbocycles. The highest BCUT2D eigenvalue weighted by atomic mass is 16.5. The fourth-order valence-corrected chi connectivity index (χ4v) is 4.59. The number of amides is 1. The number of hydrogen-bond donors (Lipinski definition) is 1. The van der Waals surface area contributed by atoms with Crippen LogP contribution in [0.5, 0.6) is 5.75 Å². The second kappa shape index (κ2) is 10.7. The molecule has 33 heavy (non-hydrogen) atoms. The van der Waals surface area contributed by atoms with Crippen LogP contribution in [-0.2, 0) is 11.3 Å². The highest BCUT2D eigenvalue weighted by Gasteiger charge is 2.25. The number of likely N-dealkylation sites (tertiary alicyclic amines) is 1. The van der Waals surface area contributed by atoms with Crippen molar-refractivity contribution < 1.29 is 9.53 Å². The molecule has 6 nitrogen and oxygen atoms in total. The van der Waals surface area contributed by atoms with E-state index in [1.807, 2.05) is 49.4 Å². The average molecular weight is 447 g/mol. The molecule has 0 unspecified atom stereocenters. The maximum absolute atomic E-state index is 12.9. The number of hydrogen-bond acceptors (Lipinski definition) is 4. The van der Waals surface area contributed by atoms with Gasteiger partial charge in [-0.25, -0.2) is 0 Å². The standard InChI is InChI=1S/C27H34N4O2/c1-20-17-21(2)31(29-20)14-6-13-30-15-11-22(12-16-30)27(32)28-25-9-4-7-23(18-25)24-8-5-10-26(19-24)33-3/h4-5,7-10,17-19,22H,6,11-16H2,1-3H3,(H,28,32). The zero-order valence-corrected chi connectivity index (χ0v) is 19.9. The minimum absolute atomic E-state index is 0.0673. The molecule has 0 radical (unpaired) electrons. The van der Waals surface area contributed by atoms with Gasteiger partial charge in [0.2, 0.25) is 5.91 Å². The number of methoxy groups -OCH3 is 1. The van der Waals surface area contributed by atoms with Crippen LogP contribution >= 0.6 is 0 Å². The normalized spacial score (nSPS) is 14.9. The van der Waals surface area contributed by atoms with Gasteiger partial charge in [0.05, 0.1) is 12.8 Å². The first-order valence-corrected chi connectivity index (χ1v) is 11.8. The van der Waals surface area contributed by atoms with E-state index in [0.29, 0.717) is 0 Å². The van der Waals surface area contributed by atoms with Crippen LogP contribution in [0.4, 0.5) is 5.69 Å². The zero-order chi connectivity index (χ0) is 23.2. The third-order valence-electron chi connectivity index (χ3n) is 6.44. The summed E-state index contributed by atoms with van der Waals surface area (Å²) in [6.07, 6.45) is 2.89. The fourth-order valence-electron chi connectivity index (χ4n) is 4.59. The van der Waals surface area contributed by atoms with Gasteiger partial charge >= 0.3 is 0 Å². The molecule has 174 valence electrons. The molecular weight excluding hydrogens is 412 g/mol. The molecule has 3 aromatic rings. The van der Waals surface area contributed by atoms with Gasteiger partial charge in [-0.3, -0.25) is 9.48 Å². The lowest BCUT2D eigenvalue weighted by molar-refractivity contribution is -0.121. The van der Waals surface area contributed by atoms with Gasteiger partial charge in [-0.15, -0.1) is 0 Å². The number of anilines is 1. The SMILES string of the molecule is COc1cccc(-c2cccc(NC(=O)C3CCN(CCCn4nc(C)cc4C)CC3)c2)c1. The topological polar surface area (TPSA) is 59.4 Å². The number of aromatic nitrogens is 2. The molecule has 0 bridgehead atoms. The van der Waals surface area contributed by atoms with Crippen molar-refractivity contribution in [2.75, 3.05) is 32.1 Å². The highest BCUT2D eigenvalue weighted by molar-refractivity contribution is 5.93. The van der Waals surface area contributed by atoms with Crippen LogP contribution in [0, 0.1) is 19.8 Å². The largest absolute Gasteiger partial charge is 0.497 e. The van der Waals surface area contributed by atoms with Gasteiger partial charge in [-0.2, -0.15) is 5.10 Å². The summed E-state index contributed by atoms with van der Waals surface area (Å²) in [7, 11) is 1.67. The first-order valence-electron chi connectivity index (χ1n) is 11.8. The number of carbonyl (C=O) groups is 1. The summed E-state index contributed by atoms with van der Waals surface area (Å²) in [5.41, 5.74) is 5.27. The minimum Gasteiger partial charge on any atom is -0.497 e. The van der Waals surface area contributed by atoms with Crippen molar-refractivity contribution in [3.05, 3.63) is 66.0 Å². The third-order valence-corrected chi connectivity index (χ3v) is 6.44. The lowest BCUT2D eigenvalue weighted by atomic mass is 9.95. The Hall–Kier alpha value is -3.12. The summed E-state index contributed by atoms with van der Waals surface area (Å²) in [4.78, 5) is 15.4. The van der Waals surface area contributed by atoms with E-state index in [4.69, 9.17) is 4.74 Å². The first-order chi connectivity index (χ1) is 16.0. The van der Waals surface area contributed by atoms with E-state index in [2.05, 4.69) is 39.1 Å². The average Bonchev–Trinajstić information content (AvgIpc) is 3.16. The monoisotopic (exact) mass is 446 g/mol. The number of nitrogens with zero attached hydrogens (tertiary/aromatic N) is 3. The molecule has 1 aromatic heterocycles. The predicted octanol–water partition coefficient (Wildman–Crippen LogP) is 4.92. The molecule has 1 aliphatic rings. The number of carbonyl (C=O) groups excluding carboxylic acids is 1. The molecule has 2 heterocycles. The summed E-state index contributed by atoms with van der Waals surface area (Å²) in [5, 5.41) is 7.68. The molecule has 4 rings (SSSR count). The van der Waals surface area contributed by atoms with Gasteiger partial charge in [0.15, 0.2) is 0 Å². The van der Waals surface area contributed by atoms with Gasteiger partial charge in [0.25, 0.3) is 0 Å². The smallest absolute Gasteiger partial charge is 0.227 e. The van der Waals surface area contributed by atoms with E-state index in [0.717, 1.165) is 73.7 Å². The van der Waals surface area contributed by atoms with Crippen LogP contribution in [0.25, 0.3) is 11.1 Å². The number of aryl methyl sites for hydroxylation is 3. The number of nitrogens with one attached hydrogen (secondary N) is 1. The quantitative estimate of drug-likeness (QED) is 0.534. The maximum atomic E-state index is 12.9. The van der Waals surface area contributed by atoms with Crippen molar-refractivity contribution in [2.45, 2.75) is 39.7 Å². The summed E-state index contributed by atoms with van der Waals surface area (Å²) in [6.45, 7) is 8.09. The molecule has 2 aromatic carbocycles. The zero-order valence-electron chi connectivity index (χ0n) is 19.9. The number of ether oxygens (including phenoxy) is 1. The second-order valence-corrected chi connectivity index (χ2v) is 8.92. The van der Waals surface area contributed by atoms with Crippen molar-refractivity contribution in [3.63, 3.8) is 0 Å². The van der Waals surface area contributed by atoms with Crippen LogP contribution < -0.4 is 10.1 Å². The van der Waals surface area contributed by atoms with Crippen molar-refractivity contribution >= 4 is 11.6 Å². The Morgan fingerprint density at radius 2 is 1.76 bits per heavy atom. The van der Waals surface area contributed by atoms with Gasteiger partial charge < -0.3 is 15.0 Å². The summed E-state index contributed by atoms with van der Waals surface area (Å²) in [6, 6.07) is 18.1. The van der Waals surface area contributed by atoms with E-state index >= 15 is 0 Å². The van der Waals surface area contributed by atoms with Gasteiger partial charge in [0, 0.05) is 23.8 Å². The van der Waals surface area contributed by atoms with E-state index in [9.17, 15) is 4.79 Å². The Morgan fingerprint density at radius 3 is 2.45 bits per heavy atom. The minimum atomic E-state index is 0.0673. The van der Waals surface area contributed by atoms with Crippen LogP contribution in [0.3, 0.4) is 0 Å². The molecule has 0 atom stereocenters. The Labute approximate surface area is 196 Å². The van der Waals surface area contributed by atoms with Crippen molar-refractivity contribution in [3.8, 4) is 16.9 Å². The van der Waals surface area contributed by atoms with E-state index in [-0.39, 0.29) is 11.8 Å². The fraction of sp³-hybridized carbons (Fsp3) is 0.407. The number of rotatable bonds is 8. The molecular formula is C27H34N4O2. The molecule has 0 spiro atoms. The van der Waals surface area contributed by atoms with Crippen LogP contribution in [0.1, 0.15) is 30.7 Å². The van der Waals surface area contributed by atoms with Gasteiger partial charge in [-0.05, 0) is 94.2 Å². The Balaban J connectivity index is 1.26. The third kappa shape index (κ3) is 6.02. The van der Waals surface area contributed by atoms with Crippen LogP contribution in [0.15, 0.2) is 54.6 Å². The lowest BCUT2D eigenvalue weighted by Crippen LogP contribution is -2.38. The van der Waals surface area contributed by atoms with Crippen molar-refractivity contribution in [2.24, 2.45) is 5.92 Å². The highest BCUT2D eigenvalue weighted by Crippen LogP contribution is 2.27. The van der Waals surface area contributed by atoms with E-state index in [1.165, 1.54) is 5.69 Å². The number of piperidine rings is 1. The Kier molecular flexibility index (Phi) is 7.45. The summed E-state index contributed by atoms with van der Waals surface area (Å²) < 4.78 is 7.43. The Morgan fingerprint density at radius 1 is 1.03 bits per heavy atom. The molecule has 6 heteroatoms. The molecule has 1 aliphatic heterocycles. The molecule has 0 saturated carbocycles. The molecule has 1 N–H and O–H groups in total. The van der Waals surface area contributed by atoms with Crippen LogP contribution in [-0.4, -0.2) is 47.3 Å². The first kappa shape index (κ1) is 23.1. The van der Waals surface area contributed by atoms with Gasteiger partial charge in [0.1, 0.15) is 5.75 Å². The molecule has 1 fully saturated rings. The second-order valence-electron chi connectivity index (χ2n) is 8.92. The molecule has 1 saturated heterocycles. The van der Waals surface area contributed by atoms with Crippen molar-refractivity contribution in [1.82, 2.24) is 14.7 Å². The summed E-state index contributed by atoms with van der Waals surface area (Å²) >= 11 is 0. The van der Waals surface area contributed by atoms with E-state index < -0.39 is 0 Å². The molecule has 1 amide bonds. The predicted molar refractivity (Wildman–Crippen MR) is 133 cm³/mol.